The fourth-order valence-electron chi connectivity index (χ4n) is 1.33. The number of carbonyl (C=O) groups is 1. The van der Waals surface area contributed by atoms with E-state index < -0.39 is 17.4 Å². The fraction of sp³-hybridized carbons (Fsp3) is 0.889. The highest BCUT2D eigenvalue weighted by Crippen LogP contribution is 2.42. The van der Waals surface area contributed by atoms with Crippen molar-refractivity contribution in [2.75, 3.05) is 6.54 Å². The molecule has 0 aromatic rings. The summed E-state index contributed by atoms with van der Waals surface area (Å²) in [6.45, 7) is 3.82. The van der Waals surface area contributed by atoms with Gasteiger partial charge in [-0.3, -0.25) is 4.79 Å². The van der Waals surface area contributed by atoms with Crippen LogP contribution in [0.4, 0.5) is 8.78 Å². The minimum Gasteiger partial charge on any atom is -0.350 e. The average Bonchev–Trinajstić information content (AvgIpc) is 1.99. The van der Waals surface area contributed by atoms with E-state index in [-0.39, 0.29) is 31.2 Å². The zero-order valence-electron chi connectivity index (χ0n) is 8.85. The Kier molecular flexibility index (Phi) is 4.49. The van der Waals surface area contributed by atoms with Gasteiger partial charge < -0.3 is 11.1 Å². The fourth-order valence-corrected chi connectivity index (χ4v) is 1.33. The molecule has 6 heteroatoms. The van der Waals surface area contributed by atoms with E-state index >= 15 is 0 Å². The van der Waals surface area contributed by atoms with E-state index in [9.17, 15) is 13.6 Å². The van der Waals surface area contributed by atoms with Crippen LogP contribution in [0, 0.1) is 5.92 Å². The lowest BCUT2D eigenvalue weighted by atomic mass is 9.80. The molecule has 1 saturated carbocycles. The number of alkyl halides is 2. The molecular weight excluding hydrogens is 226 g/mol. The topological polar surface area (TPSA) is 55.1 Å². The standard InChI is InChI=1S/C9H16F2N2O.ClH/c1-8(2,5-12)13-7(14)6-3-9(10,11)4-6;/h6H,3-5,12H2,1-2H3,(H,13,14);1H. The van der Waals surface area contributed by atoms with Gasteiger partial charge in [-0.1, -0.05) is 0 Å². The van der Waals surface area contributed by atoms with E-state index in [0.717, 1.165) is 0 Å². The Morgan fingerprint density at radius 1 is 1.53 bits per heavy atom. The Morgan fingerprint density at radius 2 is 2.00 bits per heavy atom. The molecule has 15 heavy (non-hydrogen) atoms. The Labute approximate surface area is 94.2 Å². The minimum absolute atomic E-state index is 0. The maximum Gasteiger partial charge on any atom is 0.249 e. The summed E-state index contributed by atoms with van der Waals surface area (Å²) in [5.41, 5.74) is 4.89. The molecule has 3 N–H and O–H groups in total. The van der Waals surface area contributed by atoms with Crippen molar-refractivity contribution in [2.24, 2.45) is 11.7 Å². The second kappa shape index (κ2) is 4.61. The van der Waals surface area contributed by atoms with Crippen LogP contribution in [-0.4, -0.2) is 23.9 Å². The molecule has 90 valence electrons. The molecule has 0 saturated heterocycles. The third-order valence-corrected chi connectivity index (χ3v) is 2.43. The van der Waals surface area contributed by atoms with E-state index in [4.69, 9.17) is 5.73 Å². The summed E-state index contributed by atoms with van der Waals surface area (Å²) in [6, 6.07) is 0. The van der Waals surface area contributed by atoms with Gasteiger partial charge in [0.2, 0.25) is 11.8 Å². The van der Waals surface area contributed by atoms with Crippen LogP contribution in [0.5, 0.6) is 0 Å². The predicted octanol–water partition coefficient (Wildman–Crippen LogP) is 1.31. The van der Waals surface area contributed by atoms with Crippen molar-refractivity contribution >= 4 is 18.3 Å². The van der Waals surface area contributed by atoms with Gasteiger partial charge >= 0.3 is 0 Å². The van der Waals surface area contributed by atoms with Crippen molar-refractivity contribution in [3.63, 3.8) is 0 Å². The normalized spacial score (nSPS) is 20.1. The number of nitrogens with two attached hydrogens (primary N) is 1. The van der Waals surface area contributed by atoms with Crippen molar-refractivity contribution in [3.05, 3.63) is 0 Å². The van der Waals surface area contributed by atoms with Crippen LogP contribution < -0.4 is 11.1 Å². The second-order valence-corrected chi connectivity index (χ2v) is 4.54. The molecule has 1 amide bonds. The molecular formula is C9H17ClF2N2O. The first kappa shape index (κ1) is 14.6. The van der Waals surface area contributed by atoms with E-state index in [0.29, 0.717) is 6.54 Å². The largest absolute Gasteiger partial charge is 0.350 e. The lowest BCUT2D eigenvalue weighted by Crippen LogP contribution is -2.54. The number of rotatable bonds is 3. The van der Waals surface area contributed by atoms with Crippen molar-refractivity contribution in [3.8, 4) is 0 Å². The molecule has 0 heterocycles. The average molecular weight is 243 g/mol. The maximum atomic E-state index is 12.5. The van der Waals surface area contributed by atoms with Gasteiger partial charge in [-0.15, -0.1) is 12.4 Å². The third-order valence-electron chi connectivity index (χ3n) is 2.43. The molecule has 1 aliphatic rings. The summed E-state index contributed by atoms with van der Waals surface area (Å²) in [6.07, 6.45) is -0.668. The van der Waals surface area contributed by atoms with Gasteiger partial charge in [0.25, 0.3) is 0 Å². The second-order valence-electron chi connectivity index (χ2n) is 4.54. The van der Waals surface area contributed by atoms with Gasteiger partial charge in [-0.05, 0) is 13.8 Å². The van der Waals surface area contributed by atoms with E-state index in [1.807, 2.05) is 0 Å². The SMILES string of the molecule is CC(C)(CN)NC(=O)C1CC(F)(F)C1.Cl. The van der Waals surface area contributed by atoms with Gasteiger partial charge in [0.15, 0.2) is 0 Å². The number of nitrogens with one attached hydrogen (secondary N) is 1. The molecule has 0 bridgehead atoms. The molecule has 1 fully saturated rings. The van der Waals surface area contributed by atoms with Gasteiger partial charge in [0, 0.05) is 30.8 Å². The van der Waals surface area contributed by atoms with Gasteiger partial charge in [0.1, 0.15) is 0 Å². The van der Waals surface area contributed by atoms with Crippen LogP contribution in [0.15, 0.2) is 0 Å². The summed E-state index contributed by atoms with van der Waals surface area (Å²) in [5.74, 6) is -3.50. The van der Waals surface area contributed by atoms with Crippen LogP contribution >= 0.6 is 12.4 Å². The van der Waals surface area contributed by atoms with Crippen LogP contribution in [0.3, 0.4) is 0 Å². The third kappa shape index (κ3) is 3.91. The summed E-state index contributed by atoms with van der Waals surface area (Å²) in [5, 5.41) is 2.65. The molecule has 0 spiro atoms. The van der Waals surface area contributed by atoms with Crippen molar-refractivity contribution in [2.45, 2.75) is 38.2 Å². The molecule has 0 aromatic carbocycles. The molecule has 0 radical (unpaired) electrons. The van der Waals surface area contributed by atoms with Crippen molar-refractivity contribution in [1.29, 1.82) is 0 Å². The van der Waals surface area contributed by atoms with E-state index in [1.54, 1.807) is 13.8 Å². The molecule has 0 atom stereocenters. The summed E-state index contributed by atoms with van der Waals surface area (Å²) in [4.78, 5) is 11.4. The van der Waals surface area contributed by atoms with Gasteiger partial charge in [-0.25, -0.2) is 8.78 Å². The maximum absolute atomic E-state index is 12.5. The highest BCUT2D eigenvalue weighted by molar-refractivity contribution is 5.85. The Bertz CT molecular complexity index is 238. The monoisotopic (exact) mass is 242 g/mol. The van der Waals surface area contributed by atoms with Crippen LogP contribution in [0.25, 0.3) is 0 Å². The number of amides is 1. The number of hydrogen-bond acceptors (Lipinski definition) is 2. The minimum atomic E-state index is -2.64. The first-order valence-electron chi connectivity index (χ1n) is 4.66. The molecule has 0 unspecified atom stereocenters. The first-order chi connectivity index (χ1) is 6.26. The van der Waals surface area contributed by atoms with Crippen LogP contribution in [0.1, 0.15) is 26.7 Å². The number of hydrogen-bond donors (Lipinski definition) is 2. The van der Waals surface area contributed by atoms with Crippen LogP contribution in [0.2, 0.25) is 0 Å². The van der Waals surface area contributed by atoms with Gasteiger partial charge in [0.05, 0.1) is 0 Å². The highest BCUT2D eigenvalue weighted by Gasteiger charge is 2.49. The molecule has 0 aliphatic heterocycles. The quantitative estimate of drug-likeness (QED) is 0.784. The van der Waals surface area contributed by atoms with Gasteiger partial charge in [-0.2, -0.15) is 0 Å². The highest BCUT2D eigenvalue weighted by atomic mass is 35.5. The lowest BCUT2D eigenvalue weighted by Gasteiger charge is -2.36. The Hall–Kier alpha value is -0.420. The number of halogens is 3. The smallest absolute Gasteiger partial charge is 0.249 e. The predicted molar refractivity (Wildman–Crippen MR) is 56.2 cm³/mol. The molecule has 1 aliphatic carbocycles. The Balaban J connectivity index is 0.00000196. The van der Waals surface area contributed by atoms with Crippen molar-refractivity contribution in [1.82, 2.24) is 5.32 Å². The van der Waals surface area contributed by atoms with Crippen molar-refractivity contribution < 1.29 is 13.6 Å². The zero-order chi connectivity index (χ0) is 11.0. The number of carbonyl (C=O) groups excluding carboxylic acids is 1. The summed E-state index contributed by atoms with van der Waals surface area (Å²) >= 11 is 0. The zero-order valence-corrected chi connectivity index (χ0v) is 9.66. The lowest BCUT2D eigenvalue weighted by molar-refractivity contribution is -0.151. The summed E-state index contributed by atoms with van der Waals surface area (Å²) in [7, 11) is 0. The molecule has 3 nitrogen and oxygen atoms in total. The van der Waals surface area contributed by atoms with Crippen LogP contribution in [-0.2, 0) is 4.79 Å². The summed E-state index contributed by atoms with van der Waals surface area (Å²) < 4.78 is 24.9. The molecule has 0 aromatic heterocycles. The Morgan fingerprint density at radius 3 is 2.33 bits per heavy atom. The molecule has 1 rings (SSSR count). The van der Waals surface area contributed by atoms with E-state index in [2.05, 4.69) is 5.32 Å². The first-order valence-corrected chi connectivity index (χ1v) is 4.66. The van der Waals surface area contributed by atoms with E-state index in [1.165, 1.54) is 0 Å².